The zero-order valence-corrected chi connectivity index (χ0v) is 11.7. The standard InChI is InChI=1S/C14H16N2O3S/c15-20(17,18)11-4-1-3-10(9-11)16-13-5-2-6-14-12(13)7-8-19-14/h1,3-4,7-9,13,16H,2,5-6H2,(H2,15,17,18). The number of hydrogen-bond acceptors (Lipinski definition) is 4. The second kappa shape index (κ2) is 4.96. The Hall–Kier alpha value is -1.79. The number of nitrogens with one attached hydrogen (secondary N) is 1. The maximum Gasteiger partial charge on any atom is 0.238 e. The van der Waals surface area contributed by atoms with Crippen molar-refractivity contribution in [3.05, 3.63) is 47.9 Å². The average molecular weight is 292 g/mol. The Labute approximate surface area is 117 Å². The summed E-state index contributed by atoms with van der Waals surface area (Å²) in [5.74, 6) is 1.01. The smallest absolute Gasteiger partial charge is 0.238 e. The SMILES string of the molecule is NS(=O)(=O)c1cccc(NC2CCCc3occc32)c1. The van der Waals surface area contributed by atoms with Gasteiger partial charge in [-0.25, -0.2) is 13.6 Å². The zero-order valence-electron chi connectivity index (χ0n) is 10.9. The van der Waals surface area contributed by atoms with Gasteiger partial charge >= 0.3 is 0 Å². The number of nitrogens with two attached hydrogens (primary N) is 1. The highest BCUT2D eigenvalue weighted by Crippen LogP contribution is 2.33. The molecule has 1 atom stereocenters. The third-order valence-corrected chi connectivity index (χ3v) is 4.47. The molecule has 1 aliphatic carbocycles. The van der Waals surface area contributed by atoms with Crippen LogP contribution in [0.2, 0.25) is 0 Å². The highest BCUT2D eigenvalue weighted by Gasteiger charge is 2.22. The van der Waals surface area contributed by atoms with Gasteiger partial charge in [-0.3, -0.25) is 0 Å². The molecular formula is C14H16N2O3S. The number of anilines is 1. The highest BCUT2D eigenvalue weighted by atomic mass is 32.2. The summed E-state index contributed by atoms with van der Waals surface area (Å²) in [6.45, 7) is 0. The van der Waals surface area contributed by atoms with Gasteiger partial charge in [0, 0.05) is 17.7 Å². The van der Waals surface area contributed by atoms with Crippen LogP contribution in [0.5, 0.6) is 0 Å². The summed E-state index contributed by atoms with van der Waals surface area (Å²) in [6.07, 6.45) is 4.70. The van der Waals surface area contributed by atoms with Crippen LogP contribution in [0.1, 0.15) is 30.2 Å². The van der Waals surface area contributed by atoms with Crippen molar-refractivity contribution in [3.63, 3.8) is 0 Å². The fraction of sp³-hybridized carbons (Fsp3) is 0.286. The lowest BCUT2D eigenvalue weighted by Gasteiger charge is -2.24. The molecule has 0 aliphatic heterocycles. The lowest BCUT2D eigenvalue weighted by Crippen LogP contribution is -2.17. The minimum absolute atomic E-state index is 0.116. The molecule has 0 bridgehead atoms. The van der Waals surface area contributed by atoms with Crippen LogP contribution in [0.15, 0.2) is 45.9 Å². The van der Waals surface area contributed by atoms with E-state index in [1.165, 1.54) is 6.07 Å². The number of fused-ring (bicyclic) bond motifs is 1. The van der Waals surface area contributed by atoms with E-state index >= 15 is 0 Å². The second-order valence-electron chi connectivity index (χ2n) is 4.96. The normalized spacial score (nSPS) is 18.6. The van der Waals surface area contributed by atoms with Crippen molar-refractivity contribution in [1.29, 1.82) is 0 Å². The molecule has 1 aromatic carbocycles. The molecule has 106 valence electrons. The summed E-state index contributed by atoms with van der Waals surface area (Å²) in [7, 11) is -3.67. The van der Waals surface area contributed by atoms with Crippen LogP contribution in [0.25, 0.3) is 0 Å². The van der Waals surface area contributed by atoms with Crippen molar-refractivity contribution in [1.82, 2.24) is 0 Å². The van der Waals surface area contributed by atoms with Gasteiger partial charge in [-0.2, -0.15) is 0 Å². The van der Waals surface area contributed by atoms with Crippen molar-refractivity contribution in [3.8, 4) is 0 Å². The molecule has 6 heteroatoms. The van der Waals surface area contributed by atoms with E-state index in [0.29, 0.717) is 0 Å². The summed E-state index contributed by atoms with van der Waals surface area (Å²) in [5.41, 5.74) is 1.90. The molecule has 0 spiro atoms. The van der Waals surface area contributed by atoms with E-state index < -0.39 is 10.0 Å². The minimum atomic E-state index is -3.67. The first-order valence-electron chi connectivity index (χ1n) is 6.50. The Balaban J connectivity index is 1.87. The summed E-state index contributed by atoms with van der Waals surface area (Å²) in [5, 5.41) is 8.50. The van der Waals surface area contributed by atoms with E-state index in [0.717, 1.165) is 36.3 Å². The molecule has 2 aromatic rings. The molecule has 3 rings (SSSR count). The molecule has 1 aliphatic rings. The summed E-state index contributed by atoms with van der Waals surface area (Å²) in [6, 6.07) is 8.68. The Morgan fingerprint density at radius 3 is 2.95 bits per heavy atom. The van der Waals surface area contributed by atoms with Crippen LogP contribution >= 0.6 is 0 Å². The van der Waals surface area contributed by atoms with Gasteiger partial charge in [0.25, 0.3) is 0 Å². The third-order valence-electron chi connectivity index (χ3n) is 3.56. The molecular weight excluding hydrogens is 276 g/mol. The zero-order chi connectivity index (χ0) is 14.2. The molecule has 0 saturated heterocycles. The predicted octanol–water partition coefficient (Wildman–Crippen LogP) is 2.42. The van der Waals surface area contributed by atoms with E-state index in [9.17, 15) is 8.42 Å². The van der Waals surface area contributed by atoms with Crippen LogP contribution in [0.3, 0.4) is 0 Å². The van der Waals surface area contributed by atoms with Crippen molar-refractivity contribution >= 4 is 15.7 Å². The second-order valence-corrected chi connectivity index (χ2v) is 6.52. The van der Waals surface area contributed by atoms with Crippen molar-refractivity contribution < 1.29 is 12.8 Å². The Bertz CT molecular complexity index is 722. The molecule has 1 heterocycles. The summed E-state index contributed by atoms with van der Waals surface area (Å²) >= 11 is 0. The average Bonchev–Trinajstić information content (AvgIpc) is 2.87. The topological polar surface area (TPSA) is 85.3 Å². The highest BCUT2D eigenvalue weighted by molar-refractivity contribution is 7.89. The predicted molar refractivity (Wildman–Crippen MR) is 75.8 cm³/mol. The first-order chi connectivity index (χ1) is 9.54. The van der Waals surface area contributed by atoms with Gasteiger partial charge in [0.1, 0.15) is 5.76 Å². The molecule has 0 radical (unpaired) electrons. The number of furan rings is 1. The van der Waals surface area contributed by atoms with Crippen LogP contribution in [-0.4, -0.2) is 8.42 Å². The van der Waals surface area contributed by atoms with Crippen molar-refractivity contribution in [2.45, 2.75) is 30.2 Å². The monoisotopic (exact) mass is 292 g/mol. The van der Waals surface area contributed by atoms with E-state index in [1.54, 1.807) is 18.4 Å². The van der Waals surface area contributed by atoms with Crippen molar-refractivity contribution in [2.75, 3.05) is 5.32 Å². The maximum absolute atomic E-state index is 11.4. The number of rotatable bonds is 3. The van der Waals surface area contributed by atoms with Gasteiger partial charge < -0.3 is 9.73 Å². The van der Waals surface area contributed by atoms with Gasteiger partial charge in [-0.15, -0.1) is 0 Å². The first kappa shape index (κ1) is 13.2. The number of benzene rings is 1. The third kappa shape index (κ3) is 2.57. The molecule has 1 aromatic heterocycles. The molecule has 0 saturated carbocycles. The molecule has 0 fully saturated rings. The van der Waals surface area contributed by atoms with Gasteiger partial charge in [-0.05, 0) is 37.1 Å². The molecule has 3 N–H and O–H groups in total. The Morgan fingerprint density at radius 2 is 2.15 bits per heavy atom. The van der Waals surface area contributed by atoms with E-state index in [2.05, 4.69) is 5.32 Å². The van der Waals surface area contributed by atoms with E-state index in [4.69, 9.17) is 9.56 Å². The van der Waals surface area contributed by atoms with Gasteiger partial charge in [0.2, 0.25) is 10.0 Å². The Kier molecular flexibility index (Phi) is 3.27. The molecule has 5 nitrogen and oxygen atoms in total. The summed E-state index contributed by atoms with van der Waals surface area (Å²) < 4.78 is 28.2. The lowest BCUT2D eigenvalue weighted by molar-refractivity contribution is 0.461. The quantitative estimate of drug-likeness (QED) is 0.909. The minimum Gasteiger partial charge on any atom is -0.469 e. The van der Waals surface area contributed by atoms with Crippen LogP contribution in [-0.2, 0) is 16.4 Å². The van der Waals surface area contributed by atoms with Crippen molar-refractivity contribution in [2.24, 2.45) is 5.14 Å². The lowest BCUT2D eigenvalue weighted by atomic mass is 9.93. The largest absolute Gasteiger partial charge is 0.469 e. The number of hydrogen-bond donors (Lipinski definition) is 2. The summed E-state index contributed by atoms with van der Waals surface area (Å²) in [4.78, 5) is 0.116. The van der Waals surface area contributed by atoms with Gasteiger partial charge in [-0.1, -0.05) is 6.07 Å². The van der Waals surface area contributed by atoms with E-state index in [1.807, 2.05) is 12.1 Å². The fourth-order valence-electron chi connectivity index (χ4n) is 2.60. The maximum atomic E-state index is 11.4. The van der Waals surface area contributed by atoms with Crippen LogP contribution < -0.4 is 10.5 Å². The molecule has 1 unspecified atom stereocenters. The van der Waals surface area contributed by atoms with Gasteiger partial charge in [0.05, 0.1) is 17.2 Å². The number of sulfonamides is 1. The number of aryl methyl sites for hydroxylation is 1. The molecule has 0 amide bonds. The van der Waals surface area contributed by atoms with Gasteiger partial charge in [0.15, 0.2) is 0 Å². The first-order valence-corrected chi connectivity index (χ1v) is 8.04. The van der Waals surface area contributed by atoms with E-state index in [-0.39, 0.29) is 10.9 Å². The van der Waals surface area contributed by atoms with Crippen LogP contribution in [0, 0.1) is 0 Å². The fourth-order valence-corrected chi connectivity index (χ4v) is 3.16. The number of primary sulfonamides is 1. The van der Waals surface area contributed by atoms with Crippen LogP contribution in [0.4, 0.5) is 5.69 Å². The Morgan fingerprint density at radius 1 is 1.30 bits per heavy atom. The molecule has 20 heavy (non-hydrogen) atoms.